The summed E-state index contributed by atoms with van der Waals surface area (Å²) >= 11 is 6.04. The molecule has 1 saturated heterocycles. The molecule has 2 atom stereocenters. The Labute approximate surface area is 130 Å². The molecule has 0 unspecified atom stereocenters. The van der Waals surface area contributed by atoms with Gasteiger partial charge in [-0.2, -0.15) is 0 Å². The number of nitrogens with one attached hydrogen (secondary N) is 1. The van der Waals surface area contributed by atoms with Crippen molar-refractivity contribution in [1.29, 1.82) is 0 Å². The van der Waals surface area contributed by atoms with Crippen LogP contribution < -0.4 is 5.32 Å². The third-order valence-electron chi connectivity index (χ3n) is 4.49. The van der Waals surface area contributed by atoms with Gasteiger partial charge in [-0.05, 0) is 43.0 Å². The number of benzene rings is 1. The van der Waals surface area contributed by atoms with E-state index in [2.05, 4.69) is 18.3 Å². The van der Waals surface area contributed by atoms with Gasteiger partial charge < -0.3 is 15.0 Å². The van der Waals surface area contributed by atoms with Crippen LogP contribution in [0.4, 0.5) is 4.79 Å². The van der Waals surface area contributed by atoms with Gasteiger partial charge in [0.1, 0.15) is 0 Å². The molecule has 1 aromatic carbocycles. The van der Waals surface area contributed by atoms with Gasteiger partial charge in [-0.15, -0.1) is 0 Å². The molecule has 0 aromatic heterocycles. The zero-order chi connectivity index (χ0) is 14.8. The second kappa shape index (κ2) is 6.24. The summed E-state index contributed by atoms with van der Waals surface area (Å²) in [5.74, 6) is 0.431. The van der Waals surface area contributed by atoms with Crippen molar-refractivity contribution < 1.29 is 9.53 Å². The number of fused-ring (bicyclic) bond motifs is 1. The van der Waals surface area contributed by atoms with Crippen LogP contribution in [-0.4, -0.2) is 36.7 Å². The summed E-state index contributed by atoms with van der Waals surface area (Å²) in [6.45, 7) is 5.01. The summed E-state index contributed by atoms with van der Waals surface area (Å²) < 4.78 is 5.39. The highest BCUT2D eigenvalue weighted by molar-refractivity contribution is 6.30. The van der Waals surface area contributed by atoms with Crippen LogP contribution in [0.25, 0.3) is 0 Å². The fraction of sp³-hybridized carbons (Fsp3) is 0.562. The van der Waals surface area contributed by atoms with Crippen LogP contribution in [-0.2, 0) is 17.7 Å². The summed E-state index contributed by atoms with van der Waals surface area (Å²) in [4.78, 5) is 14.3. The molecule has 3 rings (SSSR count). The predicted molar refractivity (Wildman–Crippen MR) is 82.5 cm³/mol. The average Bonchev–Trinajstić information content (AvgIpc) is 3.00. The third-order valence-corrected chi connectivity index (χ3v) is 4.73. The summed E-state index contributed by atoms with van der Waals surface area (Å²) in [5, 5.41) is 3.84. The lowest BCUT2D eigenvalue weighted by atomic mass is 9.99. The zero-order valence-corrected chi connectivity index (χ0v) is 13.0. The monoisotopic (exact) mass is 308 g/mol. The SMILES string of the molecule is C[C@H](NC(=O)N1CCc2ccc(Cl)cc2C1)[C@H]1CCOC1. The fourth-order valence-electron chi connectivity index (χ4n) is 3.05. The quantitative estimate of drug-likeness (QED) is 0.913. The van der Waals surface area contributed by atoms with E-state index in [1.54, 1.807) is 0 Å². The molecule has 5 heteroatoms. The highest BCUT2D eigenvalue weighted by Gasteiger charge is 2.26. The smallest absolute Gasteiger partial charge is 0.317 e. The lowest BCUT2D eigenvalue weighted by Gasteiger charge is -2.31. The summed E-state index contributed by atoms with van der Waals surface area (Å²) in [7, 11) is 0. The Bertz CT molecular complexity index is 529. The average molecular weight is 309 g/mol. The molecule has 1 N–H and O–H groups in total. The lowest BCUT2D eigenvalue weighted by Crippen LogP contribution is -2.48. The highest BCUT2D eigenvalue weighted by atomic mass is 35.5. The number of urea groups is 1. The Morgan fingerprint density at radius 3 is 3.10 bits per heavy atom. The highest BCUT2D eigenvalue weighted by Crippen LogP contribution is 2.23. The number of carbonyl (C=O) groups is 1. The molecule has 1 aromatic rings. The normalized spacial score (nSPS) is 22.8. The molecule has 114 valence electrons. The van der Waals surface area contributed by atoms with Gasteiger partial charge in [0.05, 0.1) is 6.61 Å². The molecule has 21 heavy (non-hydrogen) atoms. The number of hydrogen-bond donors (Lipinski definition) is 1. The van der Waals surface area contributed by atoms with Gasteiger partial charge in [0, 0.05) is 36.7 Å². The number of ether oxygens (including phenoxy) is 1. The van der Waals surface area contributed by atoms with Crippen molar-refractivity contribution in [2.45, 2.75) is 32.4 Å². The third kappa shape index (κ3) is 3.33. The molecule has 1 fully saturated rings. The van der Waals surface area contributed by atoms with Crippen LogP contribution in [0.15, 0.2) is 18.2 Å². The Kier molecular flexibility index (Phi) is 4.36. The van der Waals surface area contributed by atoms with Crippen molar-refractivity contribution in [3.05, 3.63) is 34.3 Å². The lowest BCUT2D eigenvalue weighted by molar-refractivity contribution is 0.169. The van der Waals surface area contributed by atoms with E-state index in [0.717, 1.165) is 43.2 Å². The Morgan fingerprint density at radius 1 is 1.48 bits per heavy atom. The Hall–Kier alpha value is -1.26. The fourth-order valence-corrected chi connectivity index (χ4v) is 3.24. The van der Waals surface area contributed by atoms with Crippen LogP contribution in [0.2, 0.25) is 5.02 Å². The van der Waals surface area contributed by atoms with Crippen LogP contribution >= 0.6 is 11.6 Å². The van der Waals surface area contributed by atoms with E-state index < -0.39 is 0 Å². The standard InChI is InChI=1S/C16H21ClN2O2/c1-11(13-5-7-21-10-13)18-16(20)19-6-4-12-2-3-15(17)8-14(12)9-19/h2-3,8,11,13H,4-7,9-10H2,1H3,(H,18,20)/t11-,13-/m0/s1. The number of halogens is 1. The van der Waals surface area contributed by atoms with Crippen molar-refractivity contribution >= 4 is 17.6 Å². The van der Waals surface area contributed by atoms with E-state index in [1.807, 2.05) is 17.0 Å². The van der Waals surface area contributed by atoms with Crippen molar-refractivity contribution in [1.82, 2.24) is 10.2 Å². The first-order valence-electron chi connectivity index (χ1n) is 7.54. The molecule has 0 saturated carbocycles. The van der Waals surface area contributed by atoms with E-state index in [0.29, 0.717) is 12.5 Å². The zero-order valence-electron chi connectivity index (χ0n) is 12.3. The second-order valence-electron chi connectivity index (χ2n) is 5.95. The maximum absolute atomic E-state index is 12.4. The largest absolute Gasteiger partial charge is 0.381 e. The van der Waals surface area contributed by atoms with Gasteiger partial charge in [0.2, 0.25) is 0 Å². The van der Waals surface area contributed by atoms with Gasteiger partial charge in [-0.25, -0.2) is 4.79 Å². The topological polar surface area (TPSA) is 41.6 Å². The minimum Gasteiger partial charge on any atom is -0.381 e. The van der Waals surface area contributed by atoms with E-state index in [1.165, 1.54) is 5.56 Å². The van der Waals surface area contributed by atoms with Crippen LogP contribution in [0, 0.1) is 5.92 Å². The van der Waals surface area contributed by atoms with E-state index in [4.69, 9.17) is 16.3 Å². The van der Waals surface area contributed by atoms with Crippen LogP contribution in [0.1, 0.15) is 24.5 Å². The number of rotatable bonds is 2. The molecular formula is C16H21ClN2O2. The van der Waals surface area contributed by atoms with Crippen molar-refractivity contribution in [3.8, 4) is 0 Å². The molecule has 2 aliphatic rings. The Morgan fingerprint density at radius 2 is 2.33 bits per heavy atom. The minimum atomic E-state index is 0.0139. The molecule has 0 bridgehead atoms. The minimum absolute atomic E-state index is 0.0139. The van der Waals surface area contributed by atoms with Crippen molar-refractivity contribution in [2.75, 3.05) is 19.8 Å². The van der Waals surface area contributed by atoms with Gasteiger partial charge in [0.25, 0.3) is 0 Å². The van der Waals surface area contributed by atoms with Crippen molar-refractivity contribution in [2.24, 2.45) is 5.92 Å². The first-order valence-corrected chi connectivity index (χ1v) is 7.92. The molecule has 2 aliphatic heterocycles. The van der Waals surface area contributed by atoms with E-state index in [-0.39, 0.29) is 12.1 Å². The molecule has 2 amide bonds. The summed E-state index contributed by atoms with van der Waals surface area (Å²) in [5.41, 5.74) is 2.45. The summed E-state index contributed by atoms with van der Waals surface area (Å²) in [6, 6.07) is 6.11. The van der Waals surface area contributed by atoms with Crippen LogP contribution in [0.3, 0.4) is 0 Å². The molecule has 2 heterocycles. The molecule has 0 radical (unpaired) electrons. The van der Waals surface area contributed by atoms with Crippen molar-refractivity contribution in [3.63, 3.8) is 0 Å². The maximum Gasteiger partial charge on any atom is 0.317 e. The first-order chi connectivity index (χ1) is 10.1. The molecule has 4 nitrogen and oxygen atoms in total. The number of hydrogen-bond acceptors (Lipinski definition) is 2. The van der Waals surface area contributed by atoms with Crippen LogP contribution in [0.5, 0.6) is 0 Å². The molecule has 0 aliphatic carbocycles. The van der Waals surface area contributed by atoms with Gasteiger partial charge >= 0.3 is 6.03 Å². The Balaban J connectivity index is 1.61. The maximum atomic E-state index is 12.4. The van der Waals surface area contributed by atoms with Gasteiger partial charge in [-0.3, -0.25) is 0 Å². The molecular weight excluding hydrogens is 288 g/mol. The second-order valence-corrected chi connectivity index (χ2v) is 6.38. The number of nitrogens with zero attached hydrogens (tertiary/aromatic N) is 1. The first kappa shape index (κ1) is 14.7. The number of carbonyl (C=O) groups excluding carboxylic acids is 1. The van der Waals surface area contributed by atoms with E-state index >= 15 is 0 Å². The molecule has 0 spiro atoms. The number of amides is 2. The predicted octanol–water partition coefficient (Wildman–Crippen LogP) is 2.83. The summed E-state index contributed by atoms with van der Waals surface area (Å²) in [6.07, 6.45) is 1.92. The van der Waals surface area contributed by atoms with Gasteiger partial charge in [0.15, 0.2) is 0 Å². The van der Waals surface area contributed by atoms with Gasteiger partial charge in [-0.1, -0.05) is 17.7 Å². The van der Waals surface area contributed by atoms with E-state index in [9.17, 15) is 4.79 Å².